The molecule has 150 valence electrons. The van der Waals surface area contributed by atoms with Crippen LogP contribution >= 0.6 is 22.6 Å². The fraction of sp³-hybridized carbons (Fsp3) is 0.391. The number of amides is 1. The maximum atomic E-state index is 13.1. The zero-order chi connectivity index (χ0) is 19.8. The second-order valence-electron chi connectivity index (χ2n) is 8.11. The van der Waals surface area contributed by atoms with Gasteiger partial charge in [0.05, 0.1) is 22.9 Å². The third kappa shape index (κ3) is 3.80. The van der Waals surface area contributed by atoms with Gasteiger partial charge in [-0.2, -0.15) is 0 Å². The first-order chi connectivity index (χ1) is 14.2. The van der Waals surface area contributed by atoms with Gasteiger partial charge in [0.15, 0.2) is 0 Å². The van der Waals surface area contributed by atoms with Crippen molar-refractivity contribution in [1.29, 1.82) is 0 Å². The number of hydrogen-bond acceptors (Lipinski definition) is 3. The lowest BCUT2D eigenvalue weighted by molar-refractivity contribution is 0.0779. The number of benzene rings is 2. The number of halogens is 1. The van der Waals surface area contributed by atoms with Crippen molar-refractivity contribution in [2.24, 2.45) is 0 Å². The quantitative estimate of drug-likeness (QED) is 0.513. The molecule has 2 aliphatic heterocycles. The molecule has 29 heavy (non-hydrogen) atoms. The van der Waals surface area contributed by atoms with Crippen molar-refractivity contribution < 1.29 is 4.79 Å². The maximum absolute atomic E-state index is 13.1. The highest BCUT2D eigenvalue weighted by atomic mass is 123. The zero-order valence-corrected chi connectivity index (χ0v) is 18.6. The van der Waals surface area contributed by atoms with Crippen molar-refractivity contribution in [1.82, 2.24) is 19.4 Å². The summed E-state index contributed by atoms with van der Waals surface area (Å²) >= 11 is 2.31. The lowest BCUT2D eigenvalue weighted by Gasteiger charge is -2.24. The molecule has 0 aliphatic carbocycles. The van der Waals surface area contributed by atoms with Crippen LogP contribution in [0.25, 0.3) is 11.0 Å². The Morgan fingerprint density at radius 2 is 1.93 bits per heavy atom. The fourth-order valence-corrected chi connectivity index (χ4v) is 5.48. The average Bonchev–Trinajstić information content (AvgIpc) is 3.48. The monoisotopic (exact) mass is 496 g/mol. The second kappa shape index (κ2) is 8.07. The van der Waals surface area contributed by atoms with Gasteiger partial charge in [-0.25, -0.2) is 4.98 Å². The number of rotatable bonds is 4. The molecule has 1 atom stereocenters. The number of likely N-dealkylation sites (tertiary alicyclic amines) is 2. The van der Waals surface area contributed by atoms with Crippen molar-refractivity contribution in [3.05, 3.63) is 63.5 Å². The molecule has 0 N–H and O–H groups in total. The summed E-state index contributed by atoms with van der Waals surface area (Å²) in [6.07, 6.45) is 5.60. The number of hydrogen-bond donors (Lipinski definition) is 0. The molecule has 6 heteroatoms. The SMILES string of the molecule is O=C(c1ccc(Cn2cnc3ccccc32)cc1[123I])N1CC[C@H](N2CCCC2)C1. The van der Waals surface area contributed by atoms with Crippen LogP contribution in [-0.2, 0) is 6.54 Å². The van der Waals surface area contributed by atoms with Gasteiger partial charge in [-0.05, 0) is 84.8 Å². The van der Waals surface area contributed by atoms with Crippen LogP contribution in [0.2, 0.25) is 0 Å². The van der Waals surface area contributed by atoms with Crippen LogP contribution in [0, 0.1) is 3.57 Å². The van der Waals surface area contributed by atoms with Crippen LogP contribution in [-0.4, -0.2) is 57.5 Å². The Bertz CT molecular complexity index is 1040. The van der Waals surface area contributed by atoms with Crippen molar-refractivity contribution >= 4 is 39.5 Å². The molecule has 0 unspecified atom stereocenters. The summed E-state index contributed by atoms with van der Waals surface area (Å²) in [6.45, 7) is 4.89. The van der Waals surface area contributed by atoms with E-state index in [1.165, 1.54) is 31.5 Å². The summed E-state index contributed by atoms with van der Waals surface area (Å²) < 4.78 is 3.18. The van der Waals surface area contributed by atoms with Gasteiger partial charge in [-0.3, -0.25) is 9.69 Å². The number of nitrogens with zero attached hydrogens (tertiary/aromatic N) is 4. The zero-order valence-electron chi connectivity index (χ0n) is 16.4. The van der Waals surface area contributed by atoms with Gasteiger partial charge in [-0.15, -0.1) is 0 Å². The molecule has 1 aromatic heterocycles. The molecule has 5 nitrogen and oxygen atoms in total. The highest BCUT2D eigenvalue weighted by Crippen LogP contribution is 2.24. The first-order valence-corrected chi connectivity index (χ1v) is 11.5. The third-order valence-corrected chi connectivity index (χ3v) is 7.14. The summed E-state index contributed by atoms with van der Waals surface area (Å²) in [5.41, 5.74) is 4.15. The van der Waals surface area contributed by atoms with E-state index in [1.54, 1.807) is 0 Å². The van der Waals surface area contributed by atoms with Crippen LogP contribution in [0.5, 0.6) is 0 Å². The molecule has 2 aliphatic rings. The summed E-state index contributed by atoms with van der Waals surface area (Å²) in [7, 11) is 0. The van der Waals surface area contributed by atoms with Gasteiger partial charge in [-0.1, -0.05) is 18.2 Å². The summed E-state index contributed by atoms with van der Waals surface area (Å²) in [6, 6.07) is 14.9. The van der Waals surface area contributed by atoms with E-state index in [1.807, 2.05) is 35.5 Å². The van der Waals surface area contributed by atoms with Crippen LogP contribution in [0.15, 0.2) is 48.8 Å². The van der Waals surface area contributed by atoms with E-state index in [4.69, 9.17) is 0 Å². The van der Waals surface area contributed by atoms with Gasteiger partial charge in [0.25, 0.3) is 5.91 Å². The Labute approximate surface area is 184 Å². The number of imidazole rings is 1. The Balaban J connectivity index is 1.30. The Morgan fingerprint density at radius 1 is 1.10 bits per heavy atom. The lowest BCUT2D eigenvalue weighted by atomic mass is 10.1. The molecule has 2 aromatic carbocycles. The topological polar surface area (TPSA) is 41.4 Å². The molecule has 0 bridgehead atoms. The van der Waals surface area contributed by atoms with E-state index in [2.05, 4.69) is 55.2 Å². The van der Waals surface area contributed by atoms with E-state index >= 15 is 0 Å². The summed E-state index contributed by atoms with van der Waals surface area (Å²) in [4.78, 5) is 22.2. The van der Waals surface area contributed by atoms with E-state index in [0.29, 0.717) is 6.04 Å². The number of carbonyl (C=O) groups is 1. The van der Waals surface area contributed by atoms with Crippen LogP contribution in [0.3, 0.4) is 0 Å². The van der Waals surface area contributed by atoms with Crippen LogP contribution in [0.4, 0.5) is 0 Å². The van der Waals surface area contributed by atoms with Gasteiger partial charge in [0, 0.05) is 29.2 Å². The van der Waals surface area contributed by atoms with Crippen molar-refractivity contribution in [2.75, 3.05) is 26.2 Å². The van der Waals surface area contributed by atoms with Crippen molar-refractivity contribution in [3.8, 4) is 0 Å². The van der Waals surface area contributed by atoms with Gasteiger partial charge < -0.3 is 9.47 Å². The number of fused-ring (bicyclic) bond motifs is 1. The predicted octanol–water partition coefficient (Wildman–Crippen LogP) is 4.00. The van der Waals surface area contributed by atoms with Crippen molar-refractivity contribution in [2.45, 2.75) is 31.8 Å². The van der Waals surface area contributed by atoms with Gasteiger partial charge in [0.2, 0.25) is 0 Å². The van der Waals surface area contributed by atoms with E-state index in [9.17, 15) is 4.79 Å². The molecule has 3 aromatic rings. The highest BCUT2D eigenvalue weighted by Gasteiger charge is 2.32. The number of carbonyl (C=O) groups excluding carboxylic acids is 1. The normalized spacial score (nSPS) is 20.0. The molecule has 0 saturated carbocycles. The molecule has 2 fully saturated rings. The van der Waals surface area contributed by atoms with Crippen LogP contribution < -0.4 is 0 Å². The standard InChI is InChI=1S/C23H25IN4O/c24-20-13-17(14-28-16-25-21-5-1-2-6-22(21)28)7-8-19(20)23(29)27-12-9-18(15-27)26-10-3-4-11-26/h1-2,5-8,13,16,18H,3-4,9-12,14-15H2/t18-/m0/s1/i24-4. The highest BCUT2D eigenvalue weighted by molar-refractivity contribution is 14.1. The Kier molecular flexibility index (Phi) is 5.30. The minimum absolute atomic E-state index is 0.177. The largest absolute Gasteiger partial charge is 0.337 e. The third-order valence-electron chi connectivity index (χ3n) is 6.25. The lowest BCUT2D eigenvalue weighted by Crippen LogP contribution is -2.37. The van der Waals surface area contributed by atoms with Crippen molar-refractivity contribution in [3.63, 3.8) is 0 Å². The molecule has 0 spiro atoms. The molecule has 5 rings (SSSR count). The Hall–Kier alpha value is -1.93. The number of para-hydroxylation sites is 2. The van der Waals surface area contributed by atoms with E-state index in [-0.39, 0.29) is 5.91 Å². The molecular weight excluding hydrogens is 471 g/mol. The first-order valence-electron chi connectivity index (χ1n) is 10.4. The first kappa shape index (κ1) is 19.1. The van der Waals surface area contributed by atoms with Gasteiger partial charge in [0.1, 0.15) is 0 Å². The fourth-order valence-electron chi connectivity index (χ4n) is 4.66. The maximum Gasteiger partial charge on any atom is 0.254 e. The minimum Gasteiger partial charge on any atom is -0.337 e. The van der Waals surface area contributed by atoms with E-state index < -0.39 is 0 Å². The molecular formula is C23H25IN4O. The van der Waals surface area contributed by atoms with E-state index in [0.717, 1.165) is 46.2 Å². The summed E-state index contributed by atoms with van der Waals surface area (Å²) in [5.74, 6) is 0.177. The number of aromatic nitrogens is 2. The molecule has 1 amide bonds. The molecule has 3 heterocycles. The van der Waals surface area contributed by atoms with Crippen LogP contribution in [0.1, 0.15) is 35.2 Å². The summed E-state index contributed by atoms with van der Waals surface area (Å²) in [5, 5.41) is 0. The second-order valence-corrected chi connectivity index (χ2v) is 9.27. The Morgan fingerprint density at radius 3 is 2.76 bits per heavy atom. The smallest absolute Gasteiger partial charge is 0.254 e. The minimum atomic E-state index is 0.177. The molecule has 0 radical (unpaired) electrons. The molecule has 2 saturated heterocycles. The predicted molar refractivity (Wildman–Crippen MR) is 123 cm³/mol. The van der Waals surface area contributed by atoms with Gasteiger partial charge >= 0.3 is 0 Å². The average molecular weight is 496 g/mol.